The summed E-state index contributed by atoms with van der Waals surface area (Å²) in [6, 6.07) is 106. The van der Waals surface area contributed by atoms with E-state index in [9.17, 15) is 0 Å². The fourth-order valence-electron chi connectivity index (χ4n) is 16.2. The zero-order valence-corrected chi connectivity index (χ0v) is 54.0. The van der Waals surface area contributed by atoms with Gasteiger partial charge in [-0.2, -0.15) is 0 Å². The second kappa shape index (κ2) is 21.3. The van der Waals surface area contributed by atoms with Gasteiger partial charge in [-0.15, -0.1) is 11.3 Å². The van der Waals surface area contributed by atoms with E-state index in [2.05, 4.69) is 327 Å². The minimum Gasteiger partial charge on any atom is -0.456 e. The highest BCUT2D eigenvalue weighted by Gasteiger charge is 2.51. The maximum atomic E-state index is 7.06. The average Bonchev–Trinajstić information content (AvgIpc) is 1.48. The minimum atomic E-state index is -0.688. The molecule has 0 fully saturated rings. The normalized spacial score (nSPS) is 16.2. The van der Waals surface area contributed by atoms with Gasteiger partial charge in [-0.25, -0.2) is 0 Å². The number of hydrogen-bond acceptors (Lipinski definition) is 5. The molecule has 4 aliphatic rings. The van der Waals surface area contributed by atoms with Gasteiger partial charge in [0.2, 0.25) is 0 Å². The fraction of sp³-hybridized carbons (Fsp3) is 0.0682. The zero-order chi connectivity index (χ0) is 62.4. The summed E-state index contributed by atoms with van der Waals surface area (Å²) in [5.74, 6) is 0. The molecule has 94 heavy (non-hydrogen) atoms. The molecule has 13 aromatic carbocycles. The van der Waals surface area contributed by atoms with Crippen LogP contribution in [0.25, 0.3) is 92.2 Å². The Labute approximate surface area is 559 Å². The van der Waals surface area contributed by atoms with Crippen molar-refractivity contribution in [2.24, 2.45) is 0 Å². The maximum absolute atomic E-state index is 7.06. The summed E-state index contributed by atoms with van der Waals surface area (Å²) in [5.41, 5.74) is 26.2. The SMILES string of the molecule is CC1(C)c2ccccc2-c2ccc(N(c3cc4c(cc3-c3ccccc3)sc3ccccc34)C3C=CC(c4ccc5c(c4)Sc4ccc(N(c6ccccc6)c6cc(-c7ccccc7)cc7oc8ccccc8c67)cc4C54c5ccccc5-c5cc(Cl)ccc54)=CC3)cc21. The van der Waals surface area contributed by atoms with E-state index in [0.717, 1.165) is 67.1 Å². The van der Waals surface area contributed by atoms with Gasteiger partial charge in [-0.05, 0) is 187 Å². The van der Waals surface area contributed by atoms with Crippen LogP contribution in [0.3, 0.4) is 0 Å². The predicted molar refractivity (Wildman–Crippen MR) is 397 cm³/mol. The Morgan fingerprint density at radius 1 is 0.415 bits per heavy atom. The van der Waals surface area contributed by atoms with Gasteiger partial charge in [0.15, 0.2) is 0 Å². The summed E-state index contributed by atoms with van der Waals surface area (Å²) in [7, 11) is 0. The lowest BCUT2D eigenvalue weighted by molar-refractivity contribution is 0.659. The van der Waals surface area contributed by atoms with Gasteiger partial charge in [0.25, 0.3) is 0 Å². The maximum Gasteiger partial charge on any atom is 0.138 e. The standard InChI is InChI=1S/C88H59ClN2OS2/c1-87(2)72-30-16-12-26-64(72)66-42-40-62(50-76(66)87)90(78-52-71-67-28-15-19-33-82(67)93-84(71)53-69(78)56-22-8-4-9-23-56)61-38-34-55(35-39-61)57-36-43-75-85(48-57)94-83-45-41-63(51-77(83)88(75)73-31-17-13-27-65(73)70-49-59(89)37-44-74(70)88)91(60-24-10-5-11-25-60)79-46-58(54-20-6-3-7-21-54)47-81-86(79)68-29-14-18-32-80(68)92-81/h3-38,40-53,61H,39H2,1-2H3. The molecule has 2 unspecified atom stereocenters. The molecule has 3 aliphatic carbocycles. The Morgan fingerprint density at radius 3 is 1.89 bits per heavy atom. The van der Waals surface area contributed by atoms with E-state index in [1.165, 1.54) is 114 Å². The summed E-state index contributed by atoms with van der Waals surface area (Å²) in [5, 5.41) is 5.45. The summed E-state index contributed by atoms with van der Waals surface area (Å²) >= 11 is 10.8. The lowest BCUT2D eigenvalue weighted by Gasteiger charge is -2.41. The first-order chi connectivity index (χ1) is 46.2. The van der Waals surface area contributed by atoms with Gasteiger partial charge in [-0.3, -0.25) is 0 Å². The average molecular weight is 1260 g/mol. The second-order valence-electron chi connectivity index (χ2n) is 25.9. The van der Waals surface area contributed by atoms with E-state index in [-0.39, 0.29) is 11.5 Å². The van der Waals surface area contributed by atoms with Crippen LogP contribution in [0.4, 0.5) is 28.4 Å². The molecule has 0 radical (unpaired) electrons. The van der Waals surface area contributed by atoms with E-state index >= 15 is 0 Å². The molecule has 19 rings (SSSR count). The number of benzene rings is 13. The molecule has 0 saturated heterocycles. The topological polar surface area (TPSA) is 19.6 Å². The quantitative estimate of drug-likeness (QED) is 0.143. The van der Waals surface area contributed by atoms with Crippen LogP contribution < -0.4 is 9.80 Å². The molecule has 0 saturated carbocycles. The van der Waals surface area contributed by atoms with Gasteiger partial charge < -0.3 is 14.2 Å². The molecule has 0 bridgehead atoms. The van der Waals surface area contributed by atoms with Crippen LogP contribution in [0.1, 0.15) is 59.2 Å². The number of nitrogens with zero attached hydrogens (tertiary/aromatic N) is 2. The Kier molecular flexibility index (Phi) is 12.5. The summed E-state index contributed by atoms with van der Waals surface area (Å²) in [4.78, 5) is 7.55. The summed E-state index contributed by atoms with van der Waals surface area (Å²) < 4.78 is 9.39. The van der Waals surface area contributed by atoms with Crippen LogP contribution in [0, 0.1) is 0 Å². The van der Waals surface area contributed by atoms with Crippen molar-refractivity contribution in [2.75, 3.05) is 9.80 Å². The Bertz CT molecular complexity index is 5700. The van der Waals surface area contributed by atoms with Crippen molar-refractivity contribution in [2.45, 2.75) is 46.9 Å². The van der Waals surface area contributed by atoms with E-state index in [0.29, 0.717) is 0 Å². The first-order valence-electron chi connectivity index (χ1n) is 32.4. The largest absolute Gasteiger partial charge is 0.456 e. The van der Waals surface area contributed by atoms with Crippen molar-refractivity contribution < 1.29 is 4.42 Å². The first kappa shape index (κ1) is 55.3. The van der Waals surface area contributed by atoms with Crippen molar-refractivity contribution in [1.82, 2.24) is 0 Å². The minimum absolute atomic E-state index is 0.00718. The van der Waals surface area contributed by atoms with Crippen LogP contribution in [0.5, 0.6) is 0 Å². The number of fused-ring (bicyclic) bond motifs is 18. The van der Waals surface area contributed by atoms with Crippen molar-refractivity contribution >= 4 is 111 Å². The van der Waals surface area contributed by atoms with Gasteiger partial charge in [0, 0.05) is 68.4 Å². The highest BCUT2D eigenvalue weighted by molar-refractivity contribution is 7.99. The van der Waals surface area contributed by atoms with E-state index in [1.54, 1.807) is 0 Å². The number of allylic oxidation sites excluding steroid dienone is 2. The molecule has 3 nitrogen and oxygen atoms in total. The van der Waals surface area contributed by atoms with Gasteiger partial charge >= 0.3 is 0 Å². The Hall–Kier alpha value is -10.4. The molecule has 1 spiro atoms. The molecule has 0 N–H and O–H groups in total. The van der Waals surface area contributed by atoms with Crippen molar-refractivity contribution in [1.29, 1.82) is 0 Å². The lowest BCUT2D eigenvalue weighted by Crippen LogP contribution is -2.32. The molecule has 0 amide bonds. The third-order valence-corrected chi connectivity index (χ3v) is 23.0. The third kappa shape index (κ3) is 8.37. The van der Waals surface area contributed by atoms with Crippen molar-refractivity contribution in [3.8, 4) is 44.5 Å². The van der Waals surface area contributed by atoms with Crippen molar-refractivity contribution in [3.63, 3.8) is 0 Å². The van der Waals surface area contributed by atoms with Gasteiger partial charge in [0.1, 0.15) is 11.2 Å². The number of furan rings is 1. The van der Waals surface area contributed by atoms with E-state index in [4.69, 9.17) is 16.0 Å². The highest BCUT2D eigenvalue weighted by atomic mass is 35.5. The Morgan fingerprint density at radius 2 is 1.09 bits per heavy atom. The predicted octanol–water partition coefficient (Wildman–Crippen LogP) is 25.1. The summed E-state index contributed by atoms with van der Waals surface area (Å²) in [6.07, 6.45) is 8.16. The number of hydrogen-bond donors (Lipinski definition) is 0. The van der Waals surface area contributed by atoms with Crippen LogP contribution in [-0.4, -0.2) is 6.04 Å². The molecule has 446 valence electrons. The van der Waals surface area contributed by atoms with Crippen LogP contribution in [-0.2, 0) is 10.8 Å². The highest BCUT2D eigenvalue weighted by Crippen LogP contribution is 2.64. The fourth-order valence-corrected chi connectivity index (χ4v) is 18.7. The van der Waals surface area contributed by atoms with Crippen molar-refractivity contribution in [3.05, 3.63) is 347 Å². The molecule has 3 heterocycles. The molecule has 6 heteroatoms. The van der Waals surface area contributed by atoms with Crippen LogP contribution in [0.15, 0.2) is 318 Å². The second-order valence-corrected chi connectivity index (χ2v) is 28.5. The third-order valence-electron chi connectivity index (χ3n) is 20.5. The van der Waals surface area contributed by atoms with E-state index in [1.807, 2.05) is 23.1 Å². The van der Waals surface area contributed by atoms with Gasteiger partial charge in [-0.1, -0.05) is 243 Å². The zero-order valence-electron chi connectivity index (χ0n) is 51.6. The number of para-hydroxylation sites is 2. The smallest absolute Gasteiger partial charge is 0.138 e. The number of rotatable bonds is 9. The molecular weight excluding hydrogens is 1200 g/mol. The molecule has 15 aromatic rings. The number of anilines is 5. The molecule has 1 aliphatic heterocycles. The number of halogens is 1. The number of thiophene rings is 1. The molecular formula is C88H59ClN2OS2. The van der Waals surface area contributed by atoms with E-state index < -0.39 is 5.41 Å². The van der Waals surface area contributed by atoms with Gasteiger partial charge in [0.05, 0.1) is 28.2 Å². The van der Waals surface area contributed by atoms with Crippen LogP contribution >= 0.6 is 34.7 Å². The Balaban J connectivity index is 0.760. The molecule has 2 atom stereocenters. The molecule has 2 aromatic heterocycles. The summed E-state index contributed by atoms with van der Waals surface area (Å²) in [6.45, 7) is 4.78. The monoisotopic (exact) mass is 1260 g/mol. The van der Waals surface area contributed by atoms with Crippen LogP contribution in [0.2, 0.25) is 5.02 Å². The first-order valence-corrected chi connectivity index (χ1v) is 34.4. The lowest BCUT2D eigenvalue weighted by atomic mass is 9.67.